The number of nitrogens with zero attached hydrogens (tertiary/aromatic N) is 4. The van der Waals surface area contributed by atoms with Crippen molar-refractivity contribution in [2.24, 2.45) is 46.3 Å². The predicted octanol–water partition coefficient (Wildman–Crippen LogP) is 19.2. The zero-order chi connectivity index (χ0) is 56.4. The Morgan fingerprint density at radius 3 is 1.77 bits per heavy atom. The van der Waals surface area contributed by atoms with Gasteiger partial charge < -0.3 is 19.2 Å². The highest BCUT2D eigenvalue weighted by Gasteiger charge is 2.59. The number of hydrogen-bond donors (Lipinski definition) is 0. The molecule has 0 saturated heterocycles. The molecule has 1 heterocycles. The lowest BCUT2D eigenvalue weighted by molar-refractivity contribution is -0.150. The highest BCUT2D eigenvalue weighted by Crippen LogP contribution is 2.67. The zero-order valence-electron chi connectivity index (χ0n) is 53.1. The normalized spacial score (nSPS) is 24.5. The molecule has 8 heteroatoms. The number of allylic oxidation sites excluding steroid dienone is 1. The molecule has 1 aromatic heterocycles. The van der Waals surface area contributed by atoms with E-state index in [2.05, 4.69) is 73.5 Å². The smallest absolute Gasteiger partial charge is 0.306 e. The van der Waals surface area contributed by atoms with Gasteiger partial charge in [-0.2, -0.15) is 0 Å². The maximum atomic E-state index is 12.7. The number of fused-ring (bicyclic) bond motifs is 5. The van der Waals surface area contributed by atoms with Gasteiger partial charge in [0.1, 0.15) is 29.9 Å². The zero-order valence-corrected chi connectivity index (χ0v) is 53.1. The summed E-state index contributed by atoms with van der Waals surface area (Å²) in [6, 6.07) is 0. The van der Waals surface area contributed by atoms with Gasteiger partial charge in [0.25, 0.3) is 0 Å². The minimum atomic E-state index is 0.0171. The number of carbonyl (C=O) groups excluding carboxylic acids is 2. The monoisotopic (exact) mass is 1090 g/mol. The third-order valence-corrected chi connectivity index (χ3v) is 20.2. The molecule has 8 nitrogen and oxygen atoms in total. The first-order valence-electron chi connectivity index (χ1n) is 34.0. The number of ether oxygens (including phenoxy) is 2. The van der Waals surface area contributed by atoms with Crippen molar-refractivity contribution in [3.8, 4) is 0 Å². The van der Waals surface area contributed by atoms with Crippen molar-refractivity contribution in [3.63, 3.8) is 0 Å². The van der Waals surface area contributed by atoms with Crippen molar-refractivity contribution in [1.82, 2.24) is 19.9 Å². The number of carbonyl (C=O) groups is 2. The van der Waals surface area contributed by atoms with E-state index in [1.165, 1.54) is 173 Å². The summed E-state index contributed by atoms with van der Waals surface area (Å²) in [5.41, 5.74) is 2.85. The van der Waals surface area contributed by atoms with E-state index >= 15 is 0 Å². The Kier molecular flexibility index (Phi) is 34.4. The molecule has 0 aromatic carbocycles. The van der Waals surface area contributed by atoms with Crippen LogP contribution in [0.25, 0.3) is 0 Å². The van der Waals surface area contributed by atoms with Gasteiger partial charge in [-0.15, -0.1) is 0 Å². The number of aldehydes is 1. The number of methoxy groups -OCH3 is 1. The van der Waals surface area contributed by atoms with E-state index < -0.39 is 0 Å². The van der Waals surface area contributed by atoms with Gasteiger partial charge in [0, 0.05) is 39.2 Å². The molecule has 0 spiro atoms. The summed E-state index contributed by atoms with van der Waals surface area (Å²) in [6.07, 6.45) is 54.3. The van der Waals surface area contributed by atoms with Gasteiger partial charge in [-0.05, 0) is 183 Å². The van der Waals surface area contributed by atoms with E-state index in [0.29, 0.717) is 29.8 Å². The van der Waals surface area contributed by atoms with Crippen LogP contribution in [0.3, 0.4) is 0 Å². The molecule has 3 saturated carbocycles. The molecule has 0 aliphatic heterocycles. The molecule has 9 unspecified atom stereocenters. The molecule has 1 aromatic rings. The van der Waals surface area contributed by atoms with E-state index in [-0.39, 0.29) is 12.1 Å². The number of rotatable bonds is 42. The van der Waals surface area contributed by atoms with E-state index in [0.717, 1.165) is 149 Å². The Morgan fingerprint density at radius 1 is 0.641 bits per heavy atom. The van der Waals surface area contributed by atoms with E-state index in [1.54, 1.807) is 5.57 Å². The highest BCUT2D eigenvalue weighted by atomic mass is 16.5. The quantitative estimate of drug-likeness (QED) is 0.0277. The molecule has 450 valence electrons. The molecular formula is C70H126N4O4. The molecule has 0 N–H and O–H groups in total. The van der Waals surface area contributed by atoms with Crippen LogP contribution >= 0.6 is 0 Å². The van der Waals surface area contributed by atoms with Crippen molar-refractivity contribution in [2.75, 3.05) is 27.7 Å². The first-order chi connectivity index (χ1) is 37.8. The van der Waals surface area contributed by atoms with Crippen LogP contribution < -0.4 is 0 Å². The summed E-state index contributed by atoms with van der Waals surface area (Å²) in [6.45, 7) is 18.3. The molecule has 3 fully saturated rings. The fourth-order valence-corrected chi connectivity index (χ4v) is 15.4. The average molecular weight is 1090 g/mol. The SMILES string of the molecule is CCCCCCCCC(CCCCCC)OC(=O)CCCCCCCCc1nc(CCCCCCCC=O)nc(CCCCCN(C)C)n1.COC1CCC2(C)C(=CCC3C2CCC2(C)C(C(C)CCCC(C)C)CCC32)C1. The molecular weight excluding hydrogens is 961 g/mol. The van der Waals surface area contributed by atoms with Crippen LogP contribution in [-0.2, 0) is 38.3 Å². The third kappa shape index (κ3) is 24.7. The van der Waals surface area contributed by atoms with E-state index in [9.17, 15) is 9.59 Å². The van der Waals surface area contributed by atoms with Crippen molar-refractivity contribution in [2.45, 2.75) is 330 Å². The minimum absolute atomic E-state index is 0.0171. The second kappa shape index (κ2) is 39.3. The third-order valence-electron chi connectivity index (χ3n) is 20.2. The topological polar surface area (TPSA) is 94.5 Å². The van der Waals surface area contributed by atoms with Gasteiger partial charge in [-0.25, -0.2) is 15.0 Å². The van der Waals surface area contributed by atoms with Crippen LogP contribution in [0.15, 0.2) is 11.6 Å². The molecule has 0 radical (unpaired) electrons. The summed E-state index contributed by atoms with van der Waals surface area (Å²) >= 11 is 0. The summed E-state index contributed by atoms with van der Waals surface area (Å²) in [5, 5.41) is 0. The fraction of sp³-hybridized carbons (Fsp3) is 0.900. The molecule has 0 amide bonds. The Morgan fingerprint density at radius 2 is 1.19 bits per heavy atom. The number of hydrogen-bond acceptors (Lipinski definition) is 8. The number of unbranched alkanes of at least 4 members (excludes halogenated alkanes) is 20. The highest BCUT2D eigenvalue weighted by molar-refractivity contribution is 5.69. The maximum Gasteiger partial charge on any atom is 0.306 e. The minimum Gasteiger partial charge on any atom is -0.462 e. The Labute approximate surface area is 482 Å². The van der Waals surface area contributed by atoms with E-state index in [4.69, 9.17) is 24.4 Å². The fourth-order valence-electron chi connectivity index (χ4n) is 15.4. The standard InChI is InChI=1S/C42H78N4O3.C28H48O/c1-5-7-9-11-16-23-31-38(30-22-10-8-6-2)49-42(48)35-27-19-13-12-17-24-32-39-43-40(33-25-18-14-15-20-29-37-47)45-41(44-39)34-26-21-28-36-46(3)4;1-19(2)8-7-9-20(3)24-12-13-25-23-11-10-21-18-22(29-6)14-16-27(21,4)26(23)15-17-28(24,25)5/h37-38H,5-36H2,1-4H3;10,19-20,22-26H,7-9,11-18H2,1-6H3. The molecule has 9 atom stereocenters. The van der Waals surface area contributed by atoms with Gasteiger partial charge in [0.15, 0.2) is 0 Å². The van der Waals surface area contributed by atoms with Crippen molar-refractivity contribution in [3.05, 3.63) is 29.1 Å². The molecule has 4 aliphatic carbocycles. The van der Waals surface area contributed by atoms with Crippen molar-refractivity contribution < 1.29 is 19.1 Å². The van der Waals surface area contributed by atoms with Crippen molar-refractivity contribution >= 4 is 12.3 Å². The Hall–Kier alpha value is -2.19. The number of aromatic nitrogens is 3. The molecule has 5 rings (SSSR count). The first-order valence-corrected chi connectivity index (χ1v) is 34.0. The lowest BCUT2D eigenvalue weighted by Gasteiger charge is -2.58. The van der Waals surface area contributed by atoms with Gasteiger partial charge in [0.2, 0.25) is 0 Å². The number of esters is 1. The summed E-state index contributed by atoms with van der Waals surface area (Å²) in [5.74, 6) is 8.54. The van der Waals surface area contributed by atoms with Crippen molar-refractivity contribution in [1.29, 1.82) is 0 Å². The number of aryl methyl sites for hydroxylation is 3. The summed E-state index contributed by atoms with van der Waals surface area (Å²) in [4.78, 5) is 40.1. The van der Waals surface area contributed by atoms with Crippen LogP contribution in [0.5, 0.6) is 0 Å². The summed E-state index contributed by atoms with van der Waals surface area (Å²) in [7, 11) is 6.17. The van der Waals surface area contributed by atoms with Crippen LogP contribution in [-0.4, -0.2) is 72.1 Å². The summed E-state index contributed by atoms with van der Waals surface area (Å²) < 4.78 is 11.7. The second-order valence-electron chi connectivity index (χ2n) is 27.2. The van der Waals surface area contributed by atoms with Gasteiger partial charge in [-0.3, -0.25) is 4.79 Å². The maximum absolute atomic E-state index is 12.7. The predicted molar refractivity (Wildman–Crippen MR) is 330 cm³/mol. The lowest BCUT2D eigenvalue weighted by atomic mass is 9.47. The van der Waals surface area contributed by atoms with Crippen LogP contribution in [0.1, 0.15) is 316 Å². The van der Waals surface area contributed by atoms with Crippen LogP contribution in [0.4, 0.5) is 0 Å². The average Bonchev–Trinajstić information content (AvgIpc) is 4.00. The van der Waals surface area contributed by atoms with Gasteiger partial charge in [0.05, 0.1) is 6.10 Å². The van der Waals surface area contributed by atoms with Gasteiger partial charge >= 0.3 is 5.97 Å². The van der Waals surface area contributed by atoms with E-state index in [1.807, 2.05) is 7.11 Å². The second-order valence-corrected chi connectivity index (χ2v) is 27.2. The van der Waals surface area contributed by atoms with Crippen LogP contribution in [0, 0.1) is 46.3 Å². The Balaban J connectivity index is 0.000000380. The van der Waals surface area contributed by atoms with Gasteiger partial charge in [-0.1, -0.05) is 182 Å². The Bertz CT molecular complexity index is 1770. The first kappa shape index (κ1) is 68.3. The largest absolute Gasteiger partial charge is 0.462 e. The molecule has 78 heavy (non-hydrogen) atoms. The van der Waals surface area contributed by atoms with Crippen LogP contribution in [0.2, 0.25) is 0 Å². The lowest BCUT2D eigenvalue weighted by Crippen LogP contribution is -2.50. The molecule has 4 aliphatic rings. The molecule has 0 bridgehead atoms.